The number of nitrogens with zero attached hydrogens (tertiary/aromatic N) is 1. The van der Waals surface area contributed by atoms with Gasteiger partial charge in [0.25, 0.3) is 0 Å². The summed E-state index contributed by atoms with van der Waals surface area (Å²) in [6, 6.07) is 3.66. The van der Waals surface area contributed by atoms with E-state index in [1.165, 1.54) is 0 Å². The van der Waals surface area contributed by atoms with Crippen molar-refractivity contribution in [1.29, 1.82) is 0 Å². The Balaban J connectivity index is 2.30. The van der Waals surface area contributed by atoms with Crippen LogP contribution in [0.5, 0.6) is 0 Å². The van der Waals surface area contributed by atoms with E-state index in [4.69, 9.17) is 9.15 Å². The number of furan rings is 1. The highest BCUT2D eigenvalue weighted by atomic mass is 16.6. The van der Waals surface area contributed by atoms with E-state index in [-0.39, 0.29) is 24.9 Å². The Kier molecular flexibility index (Phi) is 7.09. The molecule has 0 radical (unpaired) electrons. The predicted octanol–water partition coefficient (Wildman–Crippen LogP) is 1.91. The molecule has 1 aromatic rings. The highest BCUT2D eigenvalue weighted by Gasteiger charge is 2.18. The van der Waals surface area contributed by atoms with E-state index < -0.39 is 11.7 Å². The van der Waals surface area contributed by atoms with Crippen LogP contribution in [0.25, 0.3) is 0 Å². The molecule has 0 aliphatic rings. The highest BCUT2D eigenvalue weighted by molar-refractivity contribution is 5.77. The number of rotatable bonds is 7. The van der Waals surface area contributed by atoms with Crippen molar-refractivity contribution in [3.05, 3.63) is 24.2 Å². The predicted molar refractivity (Wildman–Crippen MR) is 87.0 cm³/mol. The fraction of sp³-hybridized carbons (Fsp3) is 0.625. The number of ether oxygens (including phenoxy) is 1. The lowest BCUT2D eigenvalue weighted by atomic mass is 10.2. The van der Waals surface area contributed by atoms with Crippen molar-refractivity contribution in [2.45, 2.75) is 38.8 Å². The maximum Gasteiger partial charge on any atom is 0.407 e. The van der Waals surface area contributed by atoms with Crippen molar-refractivity contribution < 1.29 is 18.7 Å². The van der Waals surface area contributed by atoms with Gasteiger partial charge in [0.2, 0.25) is 5.91 Å². The topological polar surface area (TPSA) is 83.8 Å². The first-order chi connectivity index (χ1) is 10.7. The van der Waals surface area contributed by atoms with Crippen LogP contribution in [0, 0.1) is 0 Å². The summed E-state index contributed by atoms with van der Waals surface area (Å²) in [6.07, 6.45) is 1.28. The third kappa shape index (κ3) is 7.69. The molecule has 2 amide bonds. The molecule has 130 valence electrons. The third-order valence-corrected chi connectivity index (χ3v) is 3.01. The molecule has 0 saturated heterocycles. The molecule has 1 unspecified atom stereocenters. The van der Waals surface area contributed by atoms with Crippen LogP contribution in [0.1, 0.15) is 39.0 Å². The number of carbonyl (C=O) groups excluding carboxylic acids is 2. The Hall–Kier alpha value is -2.02. The van der Waals surface area contributed by atoms with Crippen molar-refractivity contribution in [3.8, 4) is 0 Å². The van der Waals surface area contributed by atoms with Crippen molar-refractivity contribution in [3.63, 3.8) is 0 Å². The van der Waals surface area contributed by atoms with Crippen molar-refractivity contribution in [2.24, 2.45) is 0 Å². The Bertz CT molecular complexity index is 492. The van der Waals surface area contributed by atoms with Crippen LogP contribution < -0.4 is 10.6 Å². The van der Waals surface area contributed by atoms with Crippen LogP contribution >= 0.6 is 0 Å². The van der Waals surface area contributed by atoms with Crippen LogP contribution in [0.3, 0.4) is 0 Å². The monoisotopic (exact) mass is 325 g/mol. The molecule has 1 heterocycles. The molecule has 2 N–H and O–H groups in total. The van der Waals surface area contributed by atoms with Crippen molar-refractivity contribution in [2.75, 3.05) is 27.2 Å². The van der Waals surface area contributed by atoms with Crippen LogP contribution in [0.15, 0.2) is 22.8 Å². The smallest absolute Gasteiger partial charge is 0.407 e. The summed E-state index contributed by atoms with van der Waals surface area (Å²) in [7, 11) is 3.84. The summed E-state index contributed by atoms with van der Waals surface area (Å²) in [5, 5.41) is 5.40. The summed E-state index contributed by atoms with van der Waals surface area (Å²) >= 11 is 0. The van der Waals surface area contributed by atoms with E-state index in [0.717, 1.165) is 5.76 Å². The van der Waals surface area contributed by atoms with Crippen molar-refractivity contribution in [1.82, 2.24) is 15.5 Å². The summed E-state index contributed by atoms with van der Waals surface area (Å²) in [5.41, 5.74) is -0.547. The van der Waals surface area contributed by atoms with Gasteiger partial charge in [-0.25, -0.2) is 4.79 Å². The zero-order valence-corrected chi connectivity index (χ0v) is 14.5. The number of carbonyl (C=O) groups is 2. The van der Waals surface area contributed by atoms with Gasteiger partial charge in [0.05, 0.1) is 12.3 Å². The van der Waals surface area contributed by atoms with E-state index in [1.807, 2.05) is 31.1 Å². The summed E-state index contributed by atoms with van der Waals surface area (Å²) < 4.78 is 10.5. The van der Waals surface area contributed by atoms with Gasteiger partial charge >= 0.3 is 6.09 Å². The van der Waals surface area contributed by atoms with E-state index in [9.17, 15) is 9.59 Å². The molecular weight excluding hydrogens is 298 g/mol. The van der Waals surface area contributed by atoms with E-state index >= 15 is 0 Å². The molecule has 0 aliphatic heterocycles. The number of likely N-dealkylation sites (N-methyl/N-ethyl adjacent to an activating group) is 1. The fourth-order valence-corrected chi connectivity index (χ4v) is 1.91. The minimum Gasteiger partial charge on any atom is -0.468 e. The average molecular weight is 325 g/mol. The summed E-state index contributed by atoms with van der Waals surface area (Å²) in [4.78, 5) is 25.3. The Morgan fingerprint density at radius 2 is 2.00 bits per heavy atom. The molecule has 0 bridgehead atoms. The standard InChI is InChI=1S/C16H27N3O4/c1-16(2,3)23-15(21)17-9-8-14(20)18-11-12(19(4)5)13-7-6-10-22-13/h6-7,10,12H,8-9,11H2,1-5H3,(H,17,21)(H,18,20). The zero-order chi connectivity index (χ0) is 17.5. The number of hydrogen-bond acceptors (Lipinski definition) is 5. The molecule has 7 nitrogen and oxygen atoms in total. The first-order valence-electron chi connectivity index (χ1n) is 7.62. The molecule has 23 heavy (non-hydrogen) atoms. The van der Waals surface area contributed by atoms with E-state index in [1.54, 1.807) is 27.0 Å². The fourth-order valence-electron chi connectivity index (χ4n) is 1.91. The van der Waals surface area contributed by atoms with Crippen molar-refractivity contribution >= 4 is 12.0 Å². The minimum atomic E-state index is -0.547. The molecule has 0 aromatic carbocycles. The molecule has 1 atom stereocenters. The average Bonchev–Trinajstić information content (AvgIpc) is 2.90. The molecular formula is C16H27N3O4. The van der Waals surface area contributed by atoms with Crippen LogP contribution in [-0.4, -0.2) is 49.7 Å². The molecule has 0 spiro atoms. The lowest BCUT2D eigenvalue weighted by Gasteiger charge is -2.22. The maximum absolute atomic E-state index is 11.9. The Morgan fingerprint density at radius 1 is 1.30 bits per heavy atom. The largest absolute Gasteiger partial charge is 0.468 e. The van der Waals surface area contributed by atoms with Gasteiger partial charge in [0.1, 0.15) is 11.4 Å². The summed E-state index contributed by atoms with van der Waals surface area (Å²) in [5.74, 6) is 0.654. The Morgan fingerprint density at radius 3 is 2.52 bits per heavy atom. The molecule has 0 fully saturated rings. The lowest BCUT2D eigenvalue weighted by Crippen LogP contribution is -2.37. The van der Waals surface area contributed by atoms with Gasteiger partial charge in [-0.05, 0) is 47.0 Å². The van der Waals surface area contributed by atoms with Gasteiger partial charge in [-0.2, -0.15) is 0 Å². The third-order valence-electron chi connectivity index (χ3n) is 3.01. The maximum atomic E-state index is 11.9. The number of hydrogen-bond donors (Lipinski definition) is 2. The van der Waals surface area contributed by atoms with Gasteiger partial charge in [-0.3, -0.25) is 9.69 Å². The summed E-state index contributed by atoms with van der Waals surface area (Å²) in [6.45, 7) is 6.03. The molecule has 0 aliphatic carbocycles. The SMILES string of the molecule is CN(C)C(CNC(=O)CCNC(=O)OC(C)(C)C)c1ccco1. The molecule has 1 rings (SSSR count). The van der Waals surface area contributed by atoms with E-state index in [2.05, 4.69) is 10.6 Å². The van der Waals surface area contributed by atoms with Gasteiger partial charge in [0.15, 0.2) is 0 Å². The number of alkyl carbamates (subject to hydrolysis) is 1. The first-order valence-corrected chi connectivity index (χ1v) is 7.62. The van der Waals surface area contributed by atoms with E-state index in [0.29, 0.717) is 6.54 Å². The lowest BCUT2D eigenvalue weighted by molar-refractivity contribution is -0.121. The van der Waals surface area contributed by atoms with Gasteiger partial charge in [0, 0.05) is 19.5 Å². The molecule has 0 saturated carbocycles. The van der Waals surface area contributed by atoms with Gasteiger partial charge in [-0.1, -0.05) is 0 Å². The second-order valence-electron chi connectivity index (χ2n) is 6.48. The van der Waals surface area contributed by atoms with Gasteiger partial charge in [-0.15, -0.1) is 0 Å². The van der Waals surface area contributed by atoms with Crippen LogP contribution in [0.4, 0.5) is 4.79 Å². The molecule has 7 heteroatoms. The number of nitrogens with one attached hydrogen (secondary N) is 2. The zero-order valence-electron chi connectivity index (χ0n) is 14.5. The van der Waals surface area contributed by atoms with Crippen LogP contribution in [0.2, 0.25) is 0 Å². The first kappa shape index (κ1) is 19.0. The molecule has 1 aromatic heterocycles. The van der Waals surface area contributed by atoms with Crippen LogP contribution in [-0.2, 0) is 9.53 Å². The normalized spacial score (nSPS) is 12.8. The highest BCUT2D eigenvalue weighted by Crippen LogP contribution is 2.17. The number of amides is 2. The second kappa shape index (κ2) is 8.57. The minimum absolute atomic E-state index is 0.0345. The Labute approximate surface area is 137 Å². The van der Waals surface area contributed by atoms with Gasteiger partial charge < -0.3 is 19.8 Å². The second-order valence-corrected chi connectivity index (χ2v) is 6.48. The quantitative estimate of drug-likeness (QED) is 0.800.